The van der Waals surface area contributed by atoms with Gasteiger partial charge in [0.05, 0.1) is 5.75 Å². The number of aromatic nitrogens is 3. The fourth-order valence-electron chi connectivity index (χ4n) is 2.35. The van der Waals surface area contributed by atoms with E-state index in [9.17, 15) is 4.79 Å². The van der Waals surface area contributed by atoms with Crippen molar-refractivity contribution in [3.63, 3.8) is 0 Å². The van der Waals surface area contributed by atoms with E-state index in [1.807, 2.05) is 0 Å². The van der Waals surface area contributed by atoms with Crippen LogP contribution in [0.5, 0.6) is 0 Å². The van der Waals surface area contributed by atoms with Gasteiger partial charge in [-0.1, -0.05) is 23.4 Å². The van der Waals surface area contributed by atoms with Crippen molar-refractivity contribution in [2.75, 3.05) is 11.1 Å². The zero-order valence-corrected chi connectivity index (χ0v) is 14.7. The van der Waals surface area contributed by atoms with Crippen molar-refractivity contribution < 1.29 is 4.79 Å². The summed E-state index contributed by atoms with van der Waals surface area (Å²) >= 11 is 7.26. The number of nitrogens with zero attached hydrogens (tertiary/aromatic N) is 3. The molecule has 0 saturated heterocycles. The largest absolute Gasteiger partial charge is 0.325 e. The molecule has 0 radical (unpaired) electrons. The first-order valence-electron chi connectivity index (χ1n) is 7.67. The third-order valence-electron chi connectivity index (χ3n) is 3.61. The zero-order chi connectivity index (χ0) is 16.4. The molecule has 1 aliphatic rings. The van der Waals surface area contributed by atoms with E-state index in [1.165, 1.54) is 24.6 Å². The van der Waals surface area contributed by atoms with Gasteiger partial charge in [-0.25, -0.2) is 0 Å². The summed E-state index contributed by atoms with van der Waals surface area (Å²) in [6, 6.07) is 7.37. The van der Waals surface area contributed by atoms with Gasteiger partial charge < -0.3 is 9.88 Å². The normalized spacial score (nSPS) is 14.3. The van der Waals surface area contributed by atoms with Crippen LogP contribution < -0.4 is 5.32 Å². The summed E-state index contributed by atoms with van der Waals surface area (Å²) in [5.74, 6) is 1.84. The van der Waals surface area contributed by atoms with E-state index in [1.54, 1.807) is 24.3 Å². The van der Waals surface area contributed by atoms with Crippen LogP contribution in [0.25, 0.3) is 0 Å². The number of amides is 1. The molecule has 2 aromatic rings. The molecule has 122 valence electrons. The van der Waals surface area contributed by atoms with Crippen LogP contribution in [0.15, 0.2) is 29.4 Å². The molecule has 1 fully saturated rings. The van der Waals surface area contributed by atoms with Crippen LogP contribution in [0, 0.1) is 0 Å². The highest BCUT2D eigenvalue weighted by molar-refractivity contribution is 7.99. The number of nitrogens with one attached hydrogen (secondary N) is 1. The van der Waals surface area contributed by atoms with E-state index in [-0.39, 0.29) is 5.91 Å². The number of rotatable bonds is 6. The van der Waals surface area contributed by atoms with Crippen LogP contribution in [-0.2, 0) is 4.79 Å². The molecule has 3 rings (SSSR count). The maximum atomic E-state index is 12.1. The fraction of sp³-hybridized carbons (Fsp3) is 0.438. The first kappa shape index (κ1) is 16.3. The summed E-state index contributed by atoms with van der Waals surface area (Å²) in [6.07, 6.45) is 2.37. The Morgan fingerprint density at radius 2 is 2.04 bits per heavy atom. The number of thioether (sulfide) groups is 1. The van der Waals surface area contributed by atoms with Crippen molar-refractivity contribution >= 4 is 35.0 Å². The number of carbonyl (C=O) groups is 1. The number of halogens is 1. The molecule has 5 nitrogen and oxygen atoms in total. The SMILES string of the molecule is CC(C)n1c(SCC(=O)Nc2ccc(Cl)cc2)nnc1C1CC1. The Morgan fingerprint density at radius 1 is 1.35 bits per heavy atom. The smallest absolute Gasteiger partial charge is 0.234 e. The van der Waals surface area contributed by atoms with Gasteiger partial charge in [0.25, 0.3) is 0 Å². The van der Waals surface area contributed by atoms with Gasteiger partial charge >= 0.3 is 0 Å². The molecule has 1 N–H and O–H groups in total. The minimum Gasteiger partial charge on any atom is -0.325 e. The lowest BCUT2D eigenvalue weighted by molar-refractivity contribution is -0.113. The van der Waals surface area contributed by atoms with E-state index in [2.05, 4.69) is 33.9 Å². The summed E-state index contributed by atoms with van der Waals surface area (Å²) in [6.45, 7) is 4.24. The molecule has 1 aliphatic carbocycles. The lowest BCUT2D eigenvalue weighted by atomic mass is 10.3. The second-order valence-electron chi connectivity index (χ2n) is 5.92. The fourth-order valence-corrected chi connectivity index (χ4v) is 3.35. The summed E-state index contributed by atoms with van der Waals surface area (Å²) in [7, 11) is 0. The Kier molecular flexibility index (Phi) is 4.92. The first-order chi connectivity index (χ1) is 11.0. The van der Waals surface area contributed by atoms with E-state index < -0.39 is 0 Å². The molecule has 23 heavy (non-hydrogen) atoms. The highest BCUT2D eigenvalue weighted by Gasteiger charge is 2.31. The first-order valence-corrected chi connectivity index (χ1v) is 9.04. The Bertz CT molecular complexity index is 695. The lowest BCUT2D eigenvalue weighted by Crippen LogP contribution is -2.15. The molecule has 0 bridgehead atoms. The molecule has 1 heterocycles. The lowest BCUT2D eigenvalue weighted by Gasteiger charge is -2.13. The Morgan fingerprint density at radius 3 is 2.65 bits per heavy atom. The predicted molar refractivity (Wildman–Crippen MR) is 93.2 cm³/mol. The van der Waals surface area contributed by atoms with Crippen molar-refractivity contribution in [1.29, 1.82) is 0 Å². The number of hydrogen-bond acceptors (Lipinski definition) is 4. The van der Waals surface area contributed by atoms with Gasteiger partial charge in [0.1, 0.15) is 5.82 Å². The maximum Gasteiger partial charge on any atom is 0.234 e. The molecule has 0 atom stereocenters. The molecular formula is C16H19ClN4OS. The predicted octanol–water partition coefficient (Wildman–Crippen LogP) is 4.12. The summed E-state index contributed by atoms with van der Waals surface area (Å²) in [5, 5.41) is 12.9. The summed E-state index contributed by atoms with van der Waals surface area (Å²) < 4.78 is 2.15. The van der Waals surface area contributed by atoms with E-state index >= 15 is 0 Å². The summed E-state index contributed by atoms with van der Waals surface area (Å²) in [4.78, 5) is 12.1. The molecule has 0 spiro atoms. The van der Waals surface area contributed by atoms with Gasteiger partial charge in [0, 0.05) is 22.7 Å². The van der Waals surface area contributed by atoms with Crippen LogP contribution in [0.2, 0.25) is 5.02 Å². The molecule has 1 amide bonds. The minimum atomic E-state index is -0.0661. The van der Waals surface area contributed by atoms with E-state index in [4.69, 9.17) is 11.6 Å². The van der Waals surface area contributed by atoms with Crippen molar-refractivity contribution in [3.05, 3.63) is 35.1 Å². The standard InChI is InChI=1S/C16H19ClN4OS/c1-10(2)21-15(11-3-4-11)19-20-16(21)23-9-14(22)18-13-7-5-12(17)6-8-13/h5-8,10-11H,3-4,9H2,1-2H3,(H,18,22). The number of anilines is 1. The van der Waals surface area contributed by atoms with Gasteiger partial charge in [0.2, 0.25) is 5.91 Å². The molecule has 0 aliphatic heterocycles. The van der Waals surface area contributed by atoms with E-state index in [0.29, 0.717) is 22.7 Å². The molecule has 7 heteroatoms. The third kappa shape index (κ3) is 4.06. The molecule has 0 unspecified atom stereocenters. The van der Waals surface area contributed by atoms with Crippen LogP contribution >= 0.6 is 23.4 Å². The van der Waals surface area contributed by atoms with Gasteiger partial charge in [-0.3, -0.25) is 4.79 Å². The molecule has 1 aromatic heterocycles. The van der Waals surface area contributed by atoms with Crippen molar-refractivity contribution in [2.45, 2.75) is 43.8 Å². The average molecular weight is 351 g/mol. The molecule has 1 saturated carbocycles. The Hall–Kier alpha value is -1.53. The topological polar surface area (TPSA) is 59.8 Å². The minimum absolute atomic E-state index is 0.0661. The Balaban J connectivity index is 1.61. The summed E-state index contributed by atoms with van der Waals surface area (Å²) in [5.41, 5.74) is 0.740. The van der Waals surface area contributed by atoms with E-state index in [0.717, 1.165) is 16.7 Å². The highest BCUT2D eigenvalue weighted by atomic mass is 35.5. The van der Waals surface area contributed by atoms with Crippen LogP contribution in [0.4, 0.5) is 5.69 Å². The second-order valence-corrected chi connectivity index (χ2v) is 7.30. The third-order valence-corrected chi connectivity index (χ3v) is 4.81. The highest BCUT2D eigenvalue weighted by Crippen LogP contribution is 2.41. The van der Waals surface area contributed by atoms with Crippen LogP contribution in [-0.4, -0.2) is 26.4 Å². The maximum absolute atomic E-state index is 12.1. The second kappa shape index (κ2) is 6.93. The quantitative estimate of drug-likeness (QED) is 0.796. The molecular weight excluding hydrogens is 332 g/mol. The van der Waals surface area contributed by atoms with Crippen molar-refractivity contribution in [1.82, 2.24) is 14.8 Å². The average Bonchev–Trinajstić information content (AvgIpc) is 3.27. The van der Waals surface area contributed by atoms with Gasteiger partial charge in [0.15, 0.2) is 5.16 Å². The van der Waals surface area contributed by atoms with Gasteiger partial charge in [-0.05, 0) is 51.0 Å². The van der Waals surface area contributed by atoms with Crippen molar-refractivity contribution in [3.8, 4) is 0 Å². The number of carbonyl (C=O) groups excluding carboxylic acids is 1. The monoisotopic (exact) mass is 350 g/mol. The molecule has 1 aromatic carbocycles. The van der Waals surface area contributed by atoms with Gasteiger partial charge in [-0.15, -0.1) is 10.2 Å². The van der Waals surface area contributed by atoms with Gasteiger partial charge in [-0.2, -0.15) is 0 Å². The number of hydrogen-bond donors (Lipinski definition) is 1. The van der Waals surface area contributed by atoms with Crippen LogP contribution in [0.1, 0.15) is 44.5 Å². The number of benzene rings is 1. The van der Waals surface area contributed by atoms with Crippen molar-refractivity contribution in [2.24, 2.45) is 0 Å². The Labute approximate surface area is 144 Å². The van der Waals surface area contributed by atoms with Crippen LogP contribution in [0.3, 0.4) is 0 Å². The zero-order valence-electron chi connectivity index (χ0n) is 13.1.